The fourth-order valence-electron chi connectivity index (χ4n) is 5.23. The van der Waals surface area contributed by atoms with E-state index in [1.165, 1.54) is 19.4 Å². The lowest BCUT2D eigenvalue weighted by atomic mass is 9.94. The van der Waals surface area contributed by atoms with Crippen molar-refractivity contribution in [2.24, 2.45) is 0 Å². The number of benzene rings is 1. The summed E-state index contributed by atoms with van der Waals surface area (Å²) in [5, 5.41) is 9.70. The lowest BCUT2D eigenvalue weighted by molar-refractivity contribution is -0.956. The van der Waals surface area contributed by atoms with Crippen LogP contribution in [-0.4, -0.2) is 66.2 Å². The molecule has 0 aliphatic carbocycles. The van der Waals surface area contributed by atoms with Crippen molar-refractivity contribution in [1.82, 2.24) is 0 Å². The summed E-state index contributed by atoms with van der Waals surface area (Å²) in [6, 6.07) is 10.3. The van der Waals surface area contributed by atoms with Gasteiger partial charge in [-0.25, -0.2) is 0 Å². The van der Waals surface area contributed by atoms with Crippen molar-refractivity contribution in [3.05, 3.63) is 35.9 Å². The first-order chi connectivity index (χ1) is 12.6. The van der Waals surface area contributed by atoms with Crippen molar-refractivity contribution in [3.8, 4) is 0 Å². The molecular formula is C21H31BrNO4+. The second-order valence-electron chi connectivity index (χ2n) is 8.30. The Labute approximate surface area is 172 Å². The first-order valence-corrected chi connectivity index (χ1v) is 9.95. The van der Waals surface area contributed by atoms with Crippen LogP contribution >= 0.6 is 17.0 Å². The Morgan fingerprint density at radius 2 is 1.89 bits per heavy atom. The van der Waals surface area contributed by atoms with Gasteiger partial charge in [0.1, 0.15) is 36.3 Å². The first-order valence-electron chi connectivity index (χ1n) is 9.95. The van der Waals surface area contributed by atoms with Crippen LogP contribution in [0.4, 0.5) is 0 Å². The number of unbranched alkanes of at least 4 members (excludes halogenated alkanes) is 1. The molecule has 1 aromatic carbocycles. The number of hydrogen-bond donors (Lipinski definition) is 1. The van der Waals surface area contributed by atoms with E-state index in [1.807, 2.05) is 30.3 Å². The summed E-state index contributed by atoms with van der Waals surface area (Å²) >= 11 is 0. The molecule has 0 aromatic heterocycles. The standard InChI is InChI=1S/C21H30NO4.BrH/c1-3-4-10-22(2)17-11-15(12-18(22)20-19(17)26-20)25-21(24)16(13-23)14-8-6-5-7-9-14;/h5-9,15-20,23H,3-4,10-13H2,1-2H3;1H/q+1;/t15?,16-,17-,18+,19-,20+,22?;/m1./s1. The van der Waals surface area contributed by atoms with Crippen LogP contribution in [0.2, 0.25) is 0 Å². The minimum atomic E-state index is -0.595. The summed E-state index contributed by atoms with van der Waals surface area (Å²) in [5.41, 5.74) is 0.813. The number of piperidine rings is 1. The maximum atomic E-state index is 12.7. The minimum absolute atomic E-state index is 0. The smallest absolute Gasteiger partial charge is 0.316 e. The summed E-state index contributed by atoms with van der Waals surface area (Å²) in [5.74, 6) is -0.898. The Morgan fingerprint density at radius 1 is 1.26 bits per heavy atom. The number of carbonyl (C=O) groups is 1. The number of morpholine rings is 1. The largest absolute Gasteiger partial charge is 0.461 e. The lowest BCUT2D eigenvalue weighted by Gasteiger charge is -2.48. The molecule has 4 rings (SSSR count). The van der Waals surface area contributed by atoms with Crippen molar-refractivity contribution in [3.63, 3.8) is 0 Å². The average molecular weight is 441 g/mol. The van der Waals surface area contributed by atoms with E-state index >= 15 is 0 Å². The summed E-state index contributed by atoms with van der Waals surface area (Å²) in [7, 11) is 2.36. The molecule has 0 saturated carbocycles. The van der Waals surface area contributed by atoms with Crippen molar-refractivity contribution < 1.29 is 23.9 Å². The zero-order chi connectivity index (χ0) is 18.3. The molecule has 0 amide bonds. The lowest BCUT2D eigenvalue weighted by Crippen LogP contribution is -2.62. The van der Waals surface area contributed by atoms with Crippen LogP contribution in [-0.2, 0) is 14.3 Å². The normalized spacial score (nSPS) is 37.1. The second-order valence-corrected chi connectivity index (χ2v) is 8.30. The van der Waals surface area contributed by atoms with Gasteiger partial charge in [0.05, 0.1) is 20.2 Å². The highest BCUT2D eigenvalue weighted by Crippen LogP contribution is 2.52. The highest BCUT2D eigenvalue weighted by atomic mass is 79.9. The predicted molar refractivity (Wildman–Crippen MR) is 108 cm³/mol. The number of fused-ring (bicyclic) bond motifs is 5. The molecule has 150 valence electrons. The van der Waals surface area contributed by atoms with Gasteiger partial charge < -0.3 is 19.1 Å². The zero-order valence-electron chi connectivity index (χ0n) is 16.1. The number of epoxide rings is 1. The molecule has 27 heavy (non-hydrogen) atoms. The minimum Gasteiger partial charge on any atom is -0.461 e. The maximum Gasteiger partial charge on any atom is 0.316 e. The molecule has 0 radical (unpaired) electrons. The van der Waals surface area contributed by atoms with Gasteiger partial charge in [0.15, 0.2) is 0 Å². The van der Waals surface area contributed by atoms with E-state index in [4.69, 9.17) is 9.47 Å². The molecule has 2 bridgehead atoms. The number of halogens is 1. The van der Waals surface area contributed by atoms with Crippen LogP contribution in [0.3, 0.4) is 0 Å². The van der Waals surface area contributed by atoms with Gasteiger partial charge >= 0.3 is 5.97 Å². The molecule has 1 aromatic rings. The van der Waals surface area contributed by atoms with Crippen LogP contribution in [0.1, 0.15) is 44.1 Å². The Kier molecular flexibility index (Phi) is 6.31. The maximum absolute atomic E-state index is 12.7. The molecule has 0 spiro atoms. The van der Waals surface area contributed by atoms with Gasteiger partial charge in [0.2, 0.25) is 0 Å². The third kappa shape index (κ3) is 3.69. The van der Waals surface area contributed by atoms with Gasteiger partial charge in [-0.1, -0.05) is 43.7 Å². The number of quaternary nitrogens is 1. The van der Waals surface area contributed by atoms with Crippen molar-refractivity contribution in [2.45, 2.75) is 68.9 Å². The number of likely N-dealkylation sites (N-methyl/N-ethyl adjacent to an activating group) is 1. The molecule has 3 aliphatic rings. The Hall–Kier alpha value is -0.950. The Morgan fingerprint density at radius 3 is 2.44 bits per heavy atom. The molecule has 3 heterocycles. The third-order valence-electron chi connectivity index (χ3n) is 6.79. The molecule has 3 fully saturated rings. The quantitative estimate of drug-likeness (QED) is 0.402. The van der Waals surface area contributed by atoms with Crippen LogP contribution < -0.4 is 0 Å². The number of hydrogen-bond acceptors (Lipinski definition) is 4. The first kappa shape index (κ1) is 20.8. The molecule has 5 nitrogen and oxygen atoms in total. The summed E-state index contributed by atoms with van der Waals surface area (Å²) < 4.78 is 12.9. The molecule has 1 N–H and O–H groups in total. The molecule has 6 heteroatoms. The predicted octanol–water partition coefficient (Wildman–Crippen LogP) is 2.81. The van der Waals surface area contributed by atoms with E-state index in [0.717, 1.165) is 22.9 Å². The van der Waals surface area contributed by atoms with Crippen molar-refractivity contribution >= 4 is 23.0 Å². The van der Waals surface area contributed by atoms with Crippen LogP contribution in [0.25, 0.3) is 0 Å². The number of carbonyl (C=O) groups excluding carboxylic acids is 1. The SMILES string of the molecule is Br.CCCC[N+]1(C)[C@@H]2CC(OC(=O)[C@H](CO)c3ccccc3)C[C@H]1[C@@H]1O[C@@H]12. The van der Waals surface area contributed by atoms with Gasteiger partial charge in [-0.05, 0) is 12.0 Å². The topological polar surface area (TPSA) is 59.1 Å². The van der Waals surface area contributed by atoms with Crippen molar-refractivity contribution in [1.29, 1.82) is 0 Å². The molecular weight excluding hydrogens is 410 g/mol. The number of aliphatic hydroxyl groups is 1. The van der Waals surface area contributed by atoms with Gasteiger partial charge in [-0.15, -0.1) is 17.0 Å². The zero-order valence-corrected chi connectivity index (χ0v) is 17.8. The summed E-state index contributed by atoms with van der Waals surface area (Å²) in [4.78, 5) is 12.7. The number of ether oxygens (including phenoxy) is 2. The summed E-state index contributed by atoms with van der Waals surface area (Å²) in [6.45, 7) is 3.20. The average Bonchev–Trinajstić information content (AvgIpc) is 3.40. The van der Waals surface area contributed by atoms with Gasteiger partial charge in [0, 0.05) is 12.8 Å². The second kappa shape index (κ2) is 8.19. The highest BCUT2D eigenvalue weighted by Gasteiger charge is 2.71. The van der Waals surface area contributed by atoms with Gasteiger partial charge in [0.25, 0.3) is 0 Å². The van der Waals surface area contributed by atoms with Gasteiger partial charge in [-0.3, -0.25) is 4.79 Å². The Balaban J connectivity index is 0.00000210. The number of nitrogens with zero attached hydrogens (tertiary/aromatic N) is 1. The number of aliphatic hydroxyl groups excluding tert-OH is 1. The van der Waals surface area contributed by atoms with E-state index in [0.29, 0.717) is 24.3 Å². The third-order valence-corrected chi connectivity index (χ3v) is 6.79. The number of rotatable bonds is 7. The molecule has 3 saturated heterocycles. The van der Waals surface area contributed by atoms with E-state index in [1.54, 1.807) is 0 Å². The van der Waals surface area contributed by atoms with Crippen molar-refractivity contribution in [2.75, 3.05) is 20.2 Å². The van der Waals surface area contributed by atoms with E-state index in [-0.39, 0.29) is 35.7 Å². The van der Waals surface area contributed by atoms with E-state index < -0.39 is 5.92 Å². The molecule has 2 unspecified atom stereocenters. The molecule has 3 aliphatic heterocycles. The fraction of sp³-hybridized carbons (Fsp3) is 0.667. The Bertz CT molecular complexity index is 637. The fourth-order valence-corrected chi connectivity index (χ4v) is 5.23. The highest BCUT2D eigenvalue weighted by molar-refractivity contribution is 8.93. The van der Waals surface area contributed by atoms with E-state index in [2.05, 4.69) is 14.0 Å². The van der Waals surface area contributed by atoms with Crippen LogP contribution in [0, 0.1) is 0 Å². The summed E-state index contributed by atoms with van der Waals surface area (Å²) in [6.07, 6.45) is 4.83. The van der Waals surface area contributed by atoms with Gasteiger partial charge in [-0.2, -0.15) is 0 Å². The van der Waals surface area contributed by atoms with E-state index in [9.17, 15) is 9.90 Å². The van der Waals surface area contributed by atoms with Crippen LogP contribution in [0.5, 0.6) is 0 Å². The number of esters is 1. The van der Waals surface area contributed by atoms with Crippen LogP contribution in [0.15, 0.2) is 30.3 Å². The monoisotopic (exact) mass is 440 g/mol. The molecule has 7 atom stereocenters.